The van der Waals surface area contributed by atoms with Crippen molar-refractivity contribution in [2.45, 2.75) is 33.2 Å². The van der Waals surface area contributed by atoms with Crippen molar-refractivity contribution in [1.29, 1.82) is 0 Å². The van der Waals surface area contributed by atoms with E-state index in [1.807, 2.05) is 68.4 Å². The molecule has 0 spiro atoms. The molecule has 146 valence electrons. The van der Waals surface area contributed by atoms with E-state index in [9.17, 15) is 4.79 Å². The molecular weight excluding hydrogens is 362 g/mol. The van der Waals surface area contributed by atoms with Crippen LogP contribution in [-0.2, 0) is 19.4 Å². The van der Waals surface area contributed by atoms with Gasteiger partial charge in [0.1, 0.15) is 5.82 Å². The second-order valence-electron chi connectivity index (χ2n) is 6.80. The zero-order chi connectivity index (χ0) is 20.2. The Balaban J connectivity index is 1.76. The minimum Gasteiger partial charge on any atom is -0.365 e. The molecule has 0 saturated heterocycles. The lowest BCUT2D eigenvalue weighted by Crippen LogP contribution is -2.22. The lowest BCUT2D eigenvalue weighted by Gasteiger charge is -2.14. The number of aromatic nitrogens is 4. The average Bonchev–Trinajstić information content (AvgIpc) is 2.78. The van der Waals surface area contributed by atoms with E-state index >= 15 is 0 Å². The van der Waals surface area contributed by atoms with Gasteiger partial charge in [-0.25, -0.2) is 15.1 Å². The molecule has 0 saturated carbocycles. The van der Waals surface area contributed by atoms with Gasteiger partial charge in [0.15, 0.2) is 5.82 Å². The second-order valence-corrected chi connectivity index (χ2v) is 6.80. The zero-order valence-corrected chi connectivity index (χ0v) is 16.6. The van der Waals surface area contributed by atoms with Crippen molar-refractivity contribution < 1.29 is 0 Å². The third-order valence-corrected chi connectivity index (χ3v) is 5.04. The Hall–Kier alpha value is -3.54. The largest absolute Gasteiger partial charge is 0.365 e. The molecule has 0 atom stereocenters. The molecule has 0 amide bonds. The molecule has 29 heavy (non-hydrogen) atoms. The van der Waals surface area contributed by atoms with Crippen molar-refractivity contribution in [1.82, 2.24) is 20.2 Å². The number of fused-ring (bicyclic) bond motifs is 1. The van der Waals surface area contributed by atoms with E-state index < -0.39 is 0 Å². The summed E-state index contributed by atoms with van der Waals surface area (Å²) in [6.07, 6.45) is 1.54. The van der Waals surface area contributed by atoms with Gasteiger partial charge in [-0.1, -0.05) is 56.3 Å². The Bertz CT molecular complexity index is 1200. The number of hydrogen-bond acceptors (Lipinski definition) is 5. The normalized spacial score (nSPS) is 11.0. The van der Waals surface area contributed by atoms with Crippen molar-refractivity contribution >= 4 is 16.7 Å². The third-order valence-electron chi connectivity index (χ3n) is 5.04. The van der Waals surface area contributed by atoms with E-state index in [0.717, 1.165) is 40.6 Å². The van der Waals surface area contributed by atoms with Crippen molar-refractivity contribution in [3.8, 4) is 11.4 Å². The zero-order valence-electron chi connectivity index (χ0n) is 16.6. The van der Waals surface area contributed by atoms with Gasteiger partial charge in [-0.05, 0) is 30.5 Å². The maximum Gasteiger partial charge on any atom is 0.269 e. The summed E-state index contributed by atoms with van der Waals surface area (Å²) in [6, 6.07) is 17.8. The number of nitrogens with zero attached hydrogens (tertiary/aromatic N) is 3. The number of anilines is 1. The molecule has 0 aliphatic heterocycles. The Morgan fingerprint density at radius 2 is 1.66 bits per heavy atom. The smallest absolute Gasteiger partial charge is 0.269 e. The van der Waals surface area contributed by atoms with Crippen LogP contribution in [0.15, 0.2) is 59.4 Å². The number of rotatable bonds is 6. The molecule has 2 aromatic heterocycles. The van der Waals surface area contributed by atoms with Crippen LogP contribution in [0.3, 0.4) is 0 Å². The maximum absolute atomic E-state index is 12.4. The standard InChI is InChI=1S/C23H23N5O/c1-3-16-18(23(29)28-27-19(16)4-2)14-24-22-17-12-8-9-13-20(17)25-21(26-22)15-10-6-5-7-11-15/h5-13H,3-4,14H2,1-2H3,(H,28,29)(H,24,25,26). The topological polar surface area (TPSA) is 83.6 Å². The van der Waals surface area contributed by atoms with Gasteiger partial charge in [-0.3, -0.25) is 4.79 Å². The molecule has 0 fully saturated rings. The van der Waals surface area contributed by atoms with Gasteiger partial charge in [0.25, 0.3) is 5.56 Å². The third kappa shape index (κ3) is 3.74. The molecule has 2 heterocycles. The summed E-state index contributed by atoms with van der Waals surface area (Å²) in [5, 5.41) is 11.1. The number of aryl methyl sites for hydroxylation is 1. The van der Waals surface area contributed by atoms with E-state index in [1.165, 1.54) is 0 Å². The van der Waals surface area contributed by atoms with Crippen molar-refractivity contribution in [2.75, 3.05) is 5.32 Å². The van der Waals surface area contributed by atoms with E-state index in [0.29, 0.717) is 23.8 Å². The van der Waals surface area contributed by atoms with Gasteiger partial charge in [0.05, 0.1) is 11.2 Å². The minimum absolute atomic E-state index is 0.159. The molecule has 0 aliphatic rings. The molecule has 2 N–H and O–H groups in total. The Morgan fingerprint density at radius 1 is 0.897 bits per heavy atom. The van der Waals surface area contributed by atoms with E-state index in [1.54, 1.807) is 0 Å². The number of hydrogen-bond donors (Lipinski definition) is 2. The highest BCUT2D eigenvalue weighted by molar-refractivity contribution is 5.90. The molecule has 2 aromatic carbocycles. The summed E-state index contributed by atoms with van der Waals surface area (Å²) in [5.74, 6) is 1.37. The predicted octanol–water partition coefficient (Wildman–Crippen LogP) is 4.12. The first kappa shape index (κ1) is 18.8. The fourth-order valence-electron chi connectivity index (χ4n) is 3.56. The van der Waals surface area contributed by atoms with Gasteiger partial charge in [0, 0.05) is 23.1 Å². The quantitative estimate of drug-likeness (QED) is 0.522. The summed E-state index contributed by atoms with van der Waals surface area (Å²) < 4.78 is 0. The van der Waals surface area contributed by atoms with Crippen LogP contribution in [0.1, 0.15) is 30.7 Å². The summed E-state index contributed by atoms with van der Waals surface area (Å²) in [6.45, 7) is 4.47. The molecule has 6 nitrogen and oxygen atoms in total. The minimum atomic E-state index is -0.159. The van der Waals surface area contributed by atoms with Crippen LogP contribution in [0.25, 0.3) is 22.3 Å². The van der Waals surface area contributed by atoms with Crippen molar-refractivity contribution in [3.63, 3.8) is 0 Å². The van der Waals surface area contributed by atoms with Gasteiger partial charge in [-0.2, -0.15) is 5.10 Å². The lowest BCUT2D eigenvalue weighted by molar-refractivity contribution is 0.826. The fraction of sp³-hybridized carbons (Fsp3) is 0.217. The Morgan fingerprint density at radius 3 is 2.41 bits per heavy atom. The molecule has 4 aromatic rings. The van der Waals surface area contributed by atoms with Gasteiger partial charge in [0.2, 0.25) is 0 Å². The summed E-state index contributed by atoms with van der Waals surface area (Å²) in [4.78, 5) is 21.9. The van der Waals surface area contributed by atoms with E-state index in [4.69, 9.17) is 9.97 Å². The van der Waals surface area contributed by atoms with Crippen molar-refractivity contribution in [2.24, 2.45) is 0 Å². The van der Waals surface area contributed by atoms with Gasteiger partial charge >= 0.3 is 0 Å². The molecule has 0 radical (unpaired) electrons. The molecular formula is C23H23N5O. The van der Waals surface area contributed by atoms with Crippen LogP contribution in [-0.4, -0.2) is 20.2 Å². The lowest BCUT2D eigenvalue weighted by atomic mass is 10.0. The first-order valence-corrected chi connectivity index (χ1v) is 9.86. The van der Waals surface area contributed by atoms with Crippen molar-refractivity contribution in [3.05, 3.63) is 81.8 Å². The number of aromatic amines is 1. The van der Waals surface area contributed by atoms with Crippen LogP contribution < -0.4 is 10.9 Å². The van der Waals surface area contributed by atoms with Gasteiger partial charge < -0.3 is 5.32 Å². The highest BCUT2D eigenvalue weighted by Gasteiger charge is 2.14. The number of H-pyrrole nitrogens is 1. The van der Waals surface area contributed by atoms with Crippen LogP contribution in [0.2, 0.25) is 0 Å². The van der Waals surface area contributed by atoms with Crippen LogP contribution in [0.5, 0.6) is 0 Å². The predicted molar refractivity (Wildman–Crippen MR) is 116 cm³/mol. The van der Waals surface area contributed by atoms with Crippen LogP contribution in [0, 0.1) is 0 Å². The summed E-state index contributed by atoms with van der Waals surface area (Å²) in [7, 11) is 0. The van der Waals surface area contributed by atoms with Crippen LogP contribution in [0.4, 0.5) is 5.82 Å². The Labute approximate surface area is 169 Å². The Kier molecular flexibility index (Phi) is 5.33. The van der Waals surface area contributed by atoms with E-state index in [-0.39, 0.29) is 5.56 Å². The molecule has 4 rings (SSSR count). The fourth-order valence-corrected chi connectivity index (χ4v) is 3.56. The highest BCUT2D eigenvalue weighted by Crippen LogP contribution is 2.25. The van der Waals surface area contributed by atoms with Crippen LogP contribution >= 0.6 is 0 Å². The summed E-state index contributed by atoms with van der Waals surface area (Å²) in [5.41, 5.74) is 4.30. The average molecular weight is 385 g/mol. The van der Waals surface area contributed by atoms with Gasteiger partial charge in [-0.15, -0.1) is 0 Å². The molecule has 6 heteroatoms. The number of nitrogens with one attached hydrogen (secondary N) is 2. The molecule has 0 bridgehead atoms. The number of benzene rings is 2. The van der Waals surface area contributed by atoms with E-state index in [2.05, 4.69) is 15.5 Å². The first-order chi connectivity index (χ1) is 14.2. The maximum atomic E-state index is 12.4. The molecule has 0 aliphatic carbocycles. The monoisotopic (exact) mass is 385 g/mol. The SMILES string of the molecule is CCc1n[nH]c(=O)c(CNc2nc(-c3ccccc3)nc3ccccc23)c1CC. The highest BCUT2D eigenvalue weighted by atomic mass is 16.1. The summed E-state index contributed by atoms with van der Waals surface area (Å²) >= 11 is 0. The number of para-hydroxylation sites is 1. The second kappa shape index (κ2) is 8.22. The molecule has 0 unspecified atom stereocenters. The first-order valence-electron chi connectivity index (χ1n) is 9.86.